The summed E-state index contributed by atoms with van der Waals surface area (Å²) >= 11 is 0. The van der Waals surface area contributed by atoms with Gasteiger partial charge in [-0.05, 0) is 50.1 Å². The summed E-state index contributed by atoms with van der Waals surface area (Å²) in [5, 5.41) is 4.58. The van der Waals surface area contributed by atoms with E-state index in [1.54, 1.807) is 9.42 Å². The number of aryl methyl sites for hydroxylation is 3. The average molecular weight is 385 g/mol. The van der Waals surface area contributed by atoms with Crippen LogP contribution in [0.5, 0.6) is 0 Å². The third kappa shape index (κ3) is 4.16. The minimum atomic E-state index is 0.00141. The van der Waals surface area contributed by atoms with E-state index in [1.165, 1.54) is 0 Å². The van der Waals surface area contributed by atoms with Gasteiger partial charge in [0, 0.05) is 17.1 Å². The fourth-order valence-corrected chi connectivity index (χ4v) is 3.40. The van der Waals surface area contributed by atoms with E-state index in [1.807, 2.05) is 81.4 Å². The van der Waals surface area contributed by atoms with Crippen LogP contribution < -0.4 is 4.90 Å². The molecule has 0 fully saturated rings. The van der Waals surface area contributed by atoms with Crippen LogP contribution in [0, 0.1) is 20.8 Å². The van der Waals surface area contributed by atoms with Gasteiger partial charge in [0.1, 0.15) is 0 Å². The van der Waals surface area contributed by atoms with Gasteiger partial charge in [0.2, 0.25) is 5.91 Å². The molecule has 0 bridgehead atoms. The molecule has 0 aliphatic rings. The highest BCUT2D eigenvalue weighted by Gasteiger charge is 2.20. The molecule has 29 heavy (non-hydrogen) atoms. The molecule has 0 aliphatic carbocycles. The maximum Gasteiger partial charge on any atom is 0.252 e. The minimum Gasteiger partial charge on any atom is -0.304 e. The number of hydrogen-bond donors (Lipinski definition) is 0. The molecule has 0 atom stereocenters. The molecule has 146 valence electrons. The van der Waals surface area contributed by atoms with Gasteiger partial charge >= 0.3 is 0 Å². The molecule has 6 heteroatoms. The average Bonchev–Trinajstić information content (AvgIpc) is 3.10. The number of nitrogens with zero attached hydrogens (tertiary/aromatic N) is 5. The summed E-state index contributed by atoms with van der Waals surface area (Å²) in [7, 11) is 0. The van der Waals surface area contributed by atoms with Crippen LogP contribution in [0.2, 0.25) is 0 Å². The second-order valence-electron chi connectivity index (χ2n) is 7.26. The summed E-state index contributed by atoms with van der Waals surface area (Å²) in [6.07, 6.45) is 0.318. The maximum atomic E-state index is 13.2. The fourth-order valence-electron chi connectivity index (χ4n) is 3.40. The Morgan fingerprint density at radius 2 is 1.76 bits per heavy atom. The molecule has 4 aromatic rings. The van der Waals surface area contributed by atoms with Crippen molar-refractivity contribution in [3.8, 4) is 0 Å². The summed E-state index contributed by atoms with van der Waals surface area (Å²) in [4.78, 5) is 24.0. The summed E-state index contributed by atoms with van der Waals surface area (Å²) in [5.74, 6) is 1.12. The van der Waals surface area contributed by atoms with Gasteiger partial charge in [0.15, 0.2) is 5.82 Å². The van der Waals surface area contributed by atoms with Crippen LogP contribution >= 0.6 is 0 Å². The van der Waals surface area contributed by atoms with E-state index in [9.17, 15) is 4.79 Å². The number of anilines is 1. The lowest BCUT2D eigenvalue weighted by Crippen LogP contribution is -2.32. The largest absolute Gasteiger partial charge is 0.304 e. The first-order valence-corrected chi connectivity index (χ1v) is 9.60. The Kier molecular flexibility index (Phi) is 5.08. The summed E-state index contributed by atoms with van der Waals surface area (Å²) in [5.41, 5.74) is 4.77. The smallest absolute Gasteiger partial charge is 0.252 e. The monoisotopic (exact) mass is 385 g/mol. The van der Waals surface area contributed by atoms with Crippen molar-refractivity contribution >= 4 is 17.4 Å². The van der Waals surface area contributed by atoms with Crippen LogP contribution in [-0.2, 0) is 17.8 Å². The van der Waals surface area contributed by atoms with Crippen molar-refractivity contribution in [2.45, 2.75) is 33.7 Å². The second-order valence-corrected chi connectivity index (χ2v) is 7.26. The number of amides is 1. The third-order valence-corrected chi connectivity index (χ3v) is 4.77. The van der Waals surface area contributed by atoms with Crippen LogP contribution in [-0.4, -0.2) is 25.5 Å². The highest BCUT2D eigenvalue weighted by atomic mass is 16.2. The molecular weight excluding hydrogens is 362 g/mol. The van der Waals surface area contributed by atoms with E-state index in [0.29, 0.717) is 18.0 Å². The van der Waals surface area contributed by atoms with Gasteiger partial charge < -0.3 is 4.90 Å². The van der Waals surface area contributed by atoms with Crippen molar-refractivity contribution in [1.29, 1.82) is 0 Å². The van der Waals surface area contributed by atoms with Gasteiger partial charge in [-0.25, -0.2) is 9.50 Å². The first-order chi connectivity index (χ1) is 14.0. The lowest BCUT2D eigenvalue weighted by Gasteiger charge is -2.22. The van der Waals surface area contributed by atoms with Crippen LogP contribution in [0.4, 0.5) is 5.69 Å². The molecule has 2 aromatic heterocycles. The Labute approximate surface area is 169 Å². The molecule has 0 radical (unpaired) electrons. The third-order valence-electron chi connectivity index (χ3n) is 4.77. The zero-order valence-corrected chi connectivity index (χ0v) is 16.8. The summed E-state index contributed by atoms with van der Waals surface area (Å²) in [6, 6.07) is 19.7. The first kappa shape index (κ1) is 18.8. The van der Waals surface area contributed by atoms with Gasteiger partial charge in [0.05, 0.1) is 13.0 Å². The standard InChI is InChI=1S/C23H23N5O/c1-16-8-7-11-20(12-16)27(22(29)14-19-9-5-4-6-10-19)15-21-25-23-24-17(2)13-18(3)28(23)26-21/h4-13H,14-15H2,1-3H3. The Balaban J connectivity index is 1.68. The van der Waals surface area contributed by atoms with Crippen molar-refractivity contribution in [2.24, 2.45) is 0 Å². The van der Waals surface area contributed by atoms with Gasteiger partial charge in [-0.15, -0.1) is 5.10 Å². The second kappa shape index (κ2) is 7.83. The molecule has 0 saturated carbocycles. The van der Waals surface area contributed by atoms with Crippen LogP contribution in [0.25, 0.3) is 5.78 Å². The van der Waals surface area contributed by atoms with Gasteiger partial charge in [0.25, 0.3) is 5.78 Å². The molecule has 0 aliphatic heterocycles. The highest BCUT2D eigenvalue weighted by Crippen LogP contribution is 2.20. The highest BCUT2D eigenvalue weighted by molar-refractivity contribution is 5.94. The van der Waals surface area contributed by atoms with Gasteiger partial charge in [-0.1, -0.05) is 42.5 Å². The Morgan fingerprint density at radius 1 is 0.966 bits per heavy atom. The SMILES string of the molecule is Cc1cccc(N(Cc2nc3nc(C)cc(C)n3n2)C(=O)Cc2ccccc2)c1. The predicted octanol–water partition coefficient (Wildman–Crippen LogP) is 3.83. The number of carbonyl (C=O) groups excluding carboxylic acids is 1. The number of rotatable bonds is 5. The summed E-state index contributed by atoms with van der Waals surface area (Å²) < 4.78 is 1.72. The van der Waals surface area contributed by atoms with E-state index in [2.05, 4.69) is 15.1 Å². The van der Waals surface area contributed by atoms with Crippen molar-refractivity contribution in [2.75, 3.05) is 4.90 Å². The van der Waals surface area contributed by atoms with E-state index in [4.69, 9.17) is 0 Å². The Hall–Kier alpha value is -3.54. The molecular formula is C23H23N5O. The Morgan fingerprint density at radius 3 is 2.52 bits per heavy atom. The van der Waals surface area contributed by atoms with Crippen LogP contribution in [0.3, 0.4) is 0 Å². The Bertz CT molecular complexity index is 1170. The quantitative estimate of drug-likeness (QED) is 0.524. The predicted molar refractivity (Wildman–Crippen MR) is 113 cm³/mol. The molecule has 2 aromatic carbocycles. The zero-order chi connectivity index (χ0) is 20.4. The number of benzene rings is 2. The van der Waals surface area contributed by atoms with Crippen molar-refractivity contribution in [3.05, 3.63) is 89.0 Å². The summed E-state index contributed by atoms with van der Waals surface area (Å²) in [6.45, 7) is 6.21. The number of carbonyl (C=O) groups is 1. The fraction of sp³-hybridized carbons (Fsp3) is 0.217. The number of hydrogen-bond acceptors (Lipinski definition) is 4. The van der Waals surface area contributed by atoms with Crippen molar-refractivity contribution < 1.29 is 4.79 Å². The molecule has 2 heterocycles. The van der Waals surface area contributed by atoms with Crippen LogP contribution in [0.1, 0.15) is 28.3 Å². The van der Waals surface area contributed by atoms with Crippen LogP contribution in [0.15, 0.2) is 60.7 Å². The lowest BCUT2D eigenvalue weighted by molar-refractivity contribution is -0.118. The van der Waals surface area contributed by atoms with Crippen molar-refractivity contribution in [1.82, 2.24) is 19.6 Å². The number of aromatic nitrogens is 4. The zero-order valence-electron chi connectivity index (χ0n) is 16.8. The normalized spacial score (nSPS) is 11.0. The van der Waals surface area contributed by atoms with Gasteiger partial charge in [-0.2, -0.15) is 4.98 Å². The van der Waals surface area contributed by atoms with E-state index < -0.39 is 0 Å². The topological polar surface area (TPSA) is 63.4 Å². The molecule has 4 rings (SSSR count). The molecule has 0 unspecified atom stereocenters. The van der Waals surface area contributed by atoms with E-state index in [0.717, 1.165) is 28.2 Å². The molecule has 6 nitrogen and oxygen atoms in total. The molecule has 0 saturated heterocycles. The first-order valence-electron chi connectivity index (χ1n) is 9.60. The van der Waals surface area contributed by atoms with E-state index in [-0.39, 0.29) is 12.5 Å². The number of fused-ring (bicyclic) bond motifs is 1. The van der Waals surface area contributed by atoms with Crippen molar-refractivity contribution in [3.63, 3.8) is 0 Å². The molecule has 0 spiro atoms. The van der Waals surface area contributed by atoms with Gasteiger partial charge in [-0.3, -0.25) is 4.79 Å². The lowest BCUT2D eigenvalue weighted by atomic mass is 10.1. The molecule has 0 N–H and O–H groups in total. The van der Waals surface area contributed by atoms with E-state index >= 15 is 0 Å². The maximum absolute atomic E-state index is 13.2. The molecule has 1 amide bonds. The minimum absolute atomic E-state index is 0.00141.